The predicted molar refractivity (Wildman–Crippen MR) is 120 cm³/mol. The molecule has 0 saturated heterocycles. The van der Waals surface area contributed by atoms with Crippen LogP contribution < -0.4 is 0 Å². The zero-order valence-electron chi connectivity index (χ0n) is 17.7. The van der Waals surface area contributed by atoms with E-state index in [1.165, 1.54) is 27.7 Å². The number of halogens is 1. The Hall–Kier alpha value is -2.68. The standard InChI is InChI=1S/C26H29FN2/c1-6-8-10-18(7-2)16(3)13-24-26-21(15-29(24)5)20-12-9-11-19-17(4)22(27)14-23(28-26)25(19)20/h6-7,13-14H,1-2,8-12,15H2,3-5H3/b18-16+,24-13-. The molecule has 150 valence electrons. The first kappa shape index (κ1) is 19.6. The topological polar surface area (TPSA) is 16.1 Å². The van der Waals surface area contributed by atoms with Crippen LogP contribution in [0.1, 0.15) is 54.1 Å². The van der Waals surface area contributed by atoms with Crippen molar-refractivity contribution in [3.63, 3.8) is 0 Å². The van der Waals surface area contributed by atoms with E-state index in [0.29, 0.717) is 0 Å². The van der Waals surface area contributed by atoms with Crippen molar-refractivity contribution in [2.24, 2.45) is 0 Å². The lowest BCUT2D eigenvalue weighted by molar-refractivity contribution is 0.498. The highest BCUT2D eigenvalue weighted by Crippen LogP contribution is 2.41. The fraction of sp³-hybridized carbons (Fsp3) is 0.346. The molecular weight excluding hydrogens is 359 g/mol. The summed E-state index contributed by atoms with van der Waals surface area (Å²) in [7, 11) is 2.12. The van der Waals surface area contributed by atoms with Crippen LogP contribution in [-0.2, 0) is 19.4 Å². The van der Waals surface area contributed by atoms with Crippen molar-refractivity contribution in [1.29, 1.82) is 0 Å². The van der Waals surface area contributed by atoms with E-state index in [0.717, 1.165) is 66.7 Å². The zero-order chi connectivity index (χ0) is 20.7. The molecule has 0 saturated carbocycles. The molecule has 0 bridgehead atoms. The summed E-state index contributed by atoms with van der Waals surface area (Å²) in [6.45, 7) is 12.7. The Morgan fingerprint density at radius 2 is 2.00 bits per heavy atom. The van der Waals surface area contributed by atoms with Gasteiger partial charge in [-0.2, -0.15) is 0 Å². The molecule has 2 nitrogen and oxygen atoms in total. The van der Waals surface area contributed by atoms with Gasteiger partial charge in [0.2, 0.25) is 0 Å². The van der Waals surface area contributed by atoms with Crippen molar-refractivity contribution < 1.29 is 4.39 Å². The number of pyridine rings is 1. The van der Waals surface area contributed by atoms with E-state index in [-0.39, 0.29) is 5.82 Å². The minimum atomic E-state index is -0.140. The first-order valence-electron chi connectivity index (χ1n) is 10.5. The smallest absolute Gasteiger partial charge is 0.128 e. The van der Waals surface area contributed by atoms with Gasteiger partial charge in [0.1, 0.15) is 5.82 Å². The van der Waals surface area contributed by atoms with Gasteiger partial charge in [-0.15, -0.1) is 6.58 Å². The van der Waals surface area contributed by atoms with Crippen LogP contribution in [0.5, 0.6) is 0 Å². The second-order valence-electron chi connectivity index (χ2n) is 8.25. The summed E-state index contributed by atoms with van der Waals surface area (Å²) in [5.41, 5.74) is 9.99. The lowest BCUT2D eigenvalue weighted by Crippen LogP contribution is -2.10. The quantitative estimate of drug-likeness (QED) is 0.434. The Bertz CT molecular complexity index is 1090. The van der Waals surface area contributed by atoms with Gasteiger partial charge < -0.3 is 4.90 Å². The van der Waals surface area contributed by atoms with Crippen LogP contribution in [0.15, 0.2) is 48.6 Å². The van der Waals surface area contributed by atoms with Gasteiger partial charge in [-0.05, 0) is 79.9 Å². The highest BCUT2D eigenvalue weighted by molar-refractivity contribution is 5.92. The maximum atomic E-state index is 14.6. The number of allylic oxidation sites excluding steroid dienone is 5. The van der Waals surface area contributed by atoms with Gasteiger partial charge in [0.25, 0.3) is 0 Å². The molecule has 1 aromatic carbocycles. The molecule has 4 rings (SSSR count). The average Bonchev–Trinajstić information content (AvgIpc) is 3.02. The molecular formula is C26H29FN2. The minimum Gasteiger partial charge on any atom is -0.368 e. The van der Waals surface area contributed by atoms with Crippen LogP contribution in [0.3, 0.4) is 0 Å². The van der Waals surface area contributed by atoms with Crippen molar-refractivity contribution in [2.45, 2.75) is 52.5 Å². The van der Waals surface area contributed by atoms with E-state index >= 15 is 0 Å². The lowest BCUT2D eigenvalue weighted by Gasteiger charge is -2.21. The SMILES string of the molecule is C=CCC/C(C=C)=C(C)/C=C1/c2nc3cc(F)c(C)c4c3c(c2CN1C)CCC4. The molecule has 3 heteroatoms. The van der Waals surface area contributed by atoms with Crippen molar-refractivity contribution in [1.82, 2.24) is 9.88 Å². The fourth-order valence-corrected chi connectivity index (χ4v) is 4.80. The van der Waals surface area contributed by atoms with Gasteiger partial charge in [-0.25, -0.2) is 9.37 Å². The summed E-state index contributed by atoms with van der Waals surface area (Å²) < 4.78 is 14.6. The minimum absolute atomic E-state index is 0.140. The number of aromatic nitrogens is 1. The highest BCUT2D eigenvalue weighted by Gasteiger charge is 2.30. The maximum Gasteiger partial charge on any atom is 0.128 e. The van der Waals surface area contributed by atoms with Gasteiger partial charge in [-0.1, -0.05) is 18.7 Å². The highest BCUT2D eigenvalue weighted by atomic mass is 19.1. The molecule has 1 aliphatic heterocycles. The molecule has 0 fully saturated rings. The number of benzene rings is 1. The summed E-state index contributed by atoms with van der Waals surface area (Å²) in [6.07, 6.45) is 11.0. The van der Waals surface area contributed by atoms with Gasteiger partial charge in [0.15, 0.2) is 0 Å². The Balaban J connectivity index is 1.92. The van der Waals surface area contributed by atoms with Crippen LogP contribution in [0, 0.1) is 12.7 Å². The van der Waals surface area contributed by atoms with Crippen LogP contribution in [-0.4, -0.2) is 16.9 Å². The van der Waals surface area contributed by atoms with E-state index < -0.39 is 0 Å². The van der Waals surface area contributed by atoms with Crippen LogP contribution in [0.4, 0.5) is 4.39 Å². The second kappa shape index (κ2) is 7.62. The van der Waals surface area contributed by atoms with E-state index in [4.69, 9.17) is 4.98 Å². The molecule has 0 amide bonds. The third kappa shape index (κ3) is 3.23. The van der Waals surface area contributed by atoms with Gasteiger partial charge >= 0.3 is 0 Å². The second-order valence-corrected chi connectivity index (χ2v) is 8.25. The van der Waals surface area contributed by atoms with Crippen LogP contribution in [0.2, 0.25) is 0 Å². The summed E-state index contributed by atoms with van der Waals surface area (Å²) in [4.78, 5) is 7.24. The molecule has 2 heterocycles. The first-order valence-corrected chi connectivity index (χ1v) is 10.5. The average molecular weight is 389 g/mol. The Morgan fingerprint density at radius 3 is 2.72 bits per heavy atom. The molecule has 2 aliphatic rings. The normalized spacial score (nSPS) is 17.5. The molecule has 2 aromatic rings. The summed E-state index contributed by atoms with van der Waals surface area (Å²) in [5.74, 6) is -0.140. The van der Waals surface area contributed by atoms with E-state index in [1.54, 1.807) is 6.07 Å². The summed E-state index contributed by atoms with van der Waals surface area (Å²) in [6, 6.07) is 1.63. The Labute approximate surface area is 173 Å². The molecule has 29 heavy (non-hydrogen) atoms. The third-order valence-electron chi connectivity index (χ3n) is 6.44. The van der Waals surface area contributed by atoms with Gasteiger partial charge in [-0.3, -0.25) is 0 Å². The molecule has 1 aliphatic carbocycles. The zero-order valence-corrected chi connectivity index (χ0v) is 17.7. The lowest BCUT2D eigenvalue weighted by atomic mass is 9.85. The first-order chi connectivity index (χ1) is 14.0. The van der Waals surface area contributed by atoms with Crippen molar-refractivity contribution >= 4 is 16.6 Å². The van der Waals surface area contributed by atoms with Gasteiger partial charge in [0.05, 0.1) is 16.9 Å². The monoisotopic (exact) mass is 388 g/mol. The summed E-state index contributed by atoms with van der Waals surface area (Å²) in [5, 5.41) is 1.20. The molecule has 0 N–H and O–H groups in total. The van der Waals surface area contributed by atoms with Crippen LogP contribution in [0.25, 0.3) is 16.6 Å². The number of nitrogens with zero attached hydrogens (tertiary/aromatic N) is 2. The number of rotatable bonds is 5. The number of aryl methyl sites for hydroxylation is 2. The molecule has 0 radical (unpaired) electrons. The number of hydrogen-bond donors (Lipinski definition) is 0. The van der Waals surface area contributed by atoms with Crippen molar-refractivity contribution in [3.05, 3.63) is 82.4 Å². The predicted octanol–water partition coefficient (Wildman–Crippen LogP) is 6.43. The van der Waals surface area contributed by atoms with Gasteiger partial charge in [0, 0.05) is 30.6 Å². The Kier molecular flexibility index (Phi) is 5.16. The molecule has 1 aromatic heterocycles. The Morgan fingerprint density at radius 1 is 1.24 bits per heavy atom. The number of hydrogen-bond acceptors (Lipinski definition) is 2. The largest absolute Gasteiger partial charge is 0.368 e. The maximum absolute atomic E-state index is 14.6. The van der Waals surface area contributed by atoms with Crippen LogP contribution >= 0.6 is 0 Å². The van der Waals surface area contributed by atoms with E-state index in [1.807, 2.05) is 19.1 Å². The van der Waals surface area contributed by atoms with E-state index in [2.05, 4.69) is 38.1 Å². The summed E-state index contributed by atoms with van der Waals surface area (Å²) >= 11 is 0. The number of fused-ring (bicyclic) bond motifs is 2. The molecule has 0 spiro atoms. The third-order valence-corrected chi connectivity index (χ3v) is 6.44. The van der Waals surface area contributed by atoms with E-state index in [9.17, 15) is 4.39 Å². The molecule has 0 unspecified atom stereocenters. The fourth-order valence-electron chi connectivity index (χ4n) is 4.80. The van der Waals surface area contributed by atoms with Crippen molar-refractivity contribution in [2.75, 3.05) is 7.05 Å². The molecule has 0 atom stereocenters. The van der Waals surface area contributed by atoms with Crippen molar-refractivity contribution in [3.8, 4) is 0 Å².